The standard InChI is InChI=1S/C15H24N2O.ClH/c1-12-4-3-9-17(15(12)10-16)11-13-5-7-14(18-2)8-6-13;/h5-8,12,15H,3-4,9-11,16H2,1-2H3;1H. The lowest BCUT2D eigenvalue weighted by Gasteiger charge is -2.39. The highest BCUT2D eigenvalue weighted by Crippen LogP contribution is 2.24. The van der Waals surface area contributed by atoms with Crippen LogP contribution in [-0.2, 0) is 6.54 Å². The van der Waals surface area contributed by atoms with Gasteiger partial charge in [-0.25, -0.2) is 0 Å². The van der Waals surface area contributed by atoms with E-state index in [0.29, 0.717) is 12.0 Å². The largest absolute Gasteiger partial charge is 0.497 e. The molecule has 19 heavy (non-hydrogen) atoms. The summed E-state index contributed by atoms with van der Waals surface area (Å²) in [6, 6.07) is 8.87. The Hall–Kier alpha value is -0.770. The topological polar surface area (TPSA) is 38.5 Å². The molecule has 1 aromatic rings. The lowest BCUT2D eigenvalue weighted by Crippen LogP contribution is -2.47. The minimum atomic E-state index is 0. The molecule has 1 aliphatic heterocycles. The number of halogens is 1. The zero-order valence-electron chi connectivity index (χ0n) is 11.8. The fourth-order valence-corrected chi connectivity index (χ4v) is 2.88. The molecule has 1 aliphatic rings. The van der Waals surface area contributed by atoms with Gasteiger partial charge < -0.3 is 10.5 Å². The summed E-state index contributed by atoms with van der Waals surface area (Å²) in [7, 11) is 1.70. The van der Waals surface area contributed by atoms with Crippen LogP contribution < -0.4 is 10.5 Å². The van der Waals surface area contributed by atoms with Crippen molar-refractivity contribution in [2.75, 3.05) is 20.2 Å². The van der Waals surface area contributed by atoms with E-state index in [1.807, 2.05) is 12.1 Å². The molecule has 1 saturated heterocycles. The Balaban J connectivity index is 0.00000180. The van der Waals surface area contributed by atoms with Crippen LogP contribution in [0.5, 0.6) is 5.75 Å². The summed E-state index contributed by atoms with van der Waals surface area (Å²) in [5.41, 5.74) is 7.26. The molecule has 1 heterocycles. The van der Waals surface area contributed by atoms with Gasteiger partial charge in [-0.2, -0.15) is 0 Å². The number of benzene rings is 1. The summed E-state index contributed by atoms with van der Waals surface area (Å²) in [5, 5.41) is 0. The van der Waals surface area contributed by atoms with E-state index >= 15 is 0 Å². The number of ether oxygens (including phenoxy) is 1. The minimum Gasteiger partial charge on any atom is -0.497 e. The molecule has 2 unspecified atom stereocenters. The Bertz CT molecular complexity index is 369. The minimum absolute atomic E-state index is 0. The van der Waals surface area contributed by atoms with Crippen LogP contribution in [0.1, 0.15) is 25.3 Å². The molecule has 0 aliphatic carbocycles. The molecule has 2 atom stereocenters. The molecule has 4 heteroatoms. The van der Waals surface area contributed by atoms with Gasteiger partial charge in [0.2, 0.25) is 0 Å². The highest BCUT2D eigenvalue weighted by Gasteiger charge is 2.26. The van der Waals surface area contributed by atoms with Crippen molar-refractivity contribution in [3.63, 3.8) is 0 Å². The van der Waals surface area contributed by atoms with Crippen molar-refractivity contribution < 1.29 is 4.74 Å². The maximum absolute atomic E-state index is 5.92. The van der Waals surface area contributed by atoms with Gasteiger partial charge in [-0.1, -0.05) is 19.1 Å². The SMILES string of the molecule is COc1ccc(CN2CCCC(C)C2CN)cc1.Cl. The first-order valence-corrected chi connectivity index (χ1v) is 6.81. The molecular formula is C15H25ClN2O. The first-order chi connectivity index (χ1) is 8.74. The Labute approximate surface area is 122 Å². The zero-order valence-corrected chi connectivity index (χ0v) is 12.7. The molecule has 1 fully saturated rings. The monoisotopic (exact) mass is 284 g/mol. The molecule has 0 spiro atoms. The second kappa shape index (κ2) is 7.73. The number of likely N-dealkylation sites (tertiary alicyclic amines) is 1. The third-order valence-corrected chi connectivity index (χ3v) is 4.02. The summed E-state index contributed by atoms with van der Waals surface area (Å²) in [4.78, 5) is 2.52. The third-order valence-electron chi connectivity index (χ3n) is 4.02. The number of nitrogens with zero attached hydrogens (tertiary/aromatic N) is 1. The highest BCUT2D eigenvalue weighted by molar-refractivity contribution is 5.85. The second-order valence-electron chi connectivity index (χ2n) is 5.24. The summed E-state index contributed by atoms with van der Waals surface area (Å²) >= 11 is 0. The molecule has 2 rings (SSSR count). The van der Waals surface area contributed by atoms with E-state index in [1.54, 1.807) is 7.11 Å². The number of rotatable bonds is 4. The Morgan fingerprint density at radius 1 is 1.32 bits per heavy atom. The average molecular weight is 285 g/mol. The van der Waals surface area contributed by atoms with Crippen LogP contribution in [-0.4, -0.2) is 31.1 Å². The van der Waals surface area contributed by atoms with Crippen LogP contribution in [0.4, 0.5) is 0 Å². The van der Waals surface area contributed by atoms with Crippen molar-refractivity contribution >= 4 is 12.4 Å². The lowest BCUT2D eigenvalue weighted by molar-refractivity contribution is 0.0991. The van der Waals surface area contributed by atoms with E-state index in [2.05, 4.69) is 24.0 Å². The maximum atomic E-state index is 5.92. The molecule has 108 valence electrons. The quantitative estimate of drug-likeness (QED) is 0.924. The molecule has 2 N–H and O–H groups in total. The van der Waals surface area contributed by atoms with Gasteiger partial charge in [-0.3, -0.25) is 4.90 Å². The van der Waals surface area contributed by atoms with Crippen molar-refractivity contribution in [3.8, 4) is 5.75 Å². The van der Waals surface area contributed by atoms with Crippen molar-refractivity contribution in [1.29, 1.82) is 0 Å². The first kappa shape index (κ1) is 16.3. The smallest absolute Gasteiger partial charge is 0.118 e. The van der Waals surface area contributed by atoms with Gasteiger partial charge in [0.1, 0.15) is 5.75 Å². The fourth-order valence-electron chi connectivity index (χ4n) is 2.88. The van der Waals surface area contributed by atoms with E-state index in [0.717, 1.165) is 25.4 Å². The molecular weight excluding hydrogens is 260 g/mol. The molecule has 0 saturated carbocycles. The number of hydrogen-bond donors (Lipinski definition) is 1. The predicted octanol–water partition coefficient (Wildman–Crippen LogP) is 2.68. The van der Waals surface area contributed by atoms with Crippen LogP contribution in [0.2, 0.25) is 0 Å². The fraction of sp³-hybridized carbons (Fsp3) is 0.600. The zero-order chi connectivity index (χ0) is 13.0. The Morgan fingerprint density at radius 2 is 2.00 bits per heavy atom. The number of nitrogens with two attached hydrogens (primary N) is 1. The van der Waals surface area contributed by atoms with E-state index in [-0.39, 0.29) is 12.4 Å². The number of piperidine rings is 1. The lowest BCUT2D eigenvalue weighted by atomic mass is 9.90. The van der Waals surface area contributed by atoms with Gasteiger partial charge in [0.05, 0.1) is 7.11 Å². The van der Waals surface area contributed by atoms with Gasteiger partial charge in [0.15, 0.2) is 0 Å². The normalized spacial score (nSPS) is 23.7. The van der Waals surface area contributed by atoms with Crippen LogP contribution >= 0.6 is 12.4 Å². The van der Waals surface area contributed by atoms with Crippen molar-refractivity contribution in [2.45, 2.75) is 32.4 Å². The maximum Gasteiger partial charge on any atom is 0.118 e. The van der Waals surface area contributed by atoms with E-state index in [1.165, 1.54) is 18.4 Å². The summed E-state index contributed by atoms with van der Waals surface area (Å²) in [6.45, 7) is 5.24. The van der Waals surface area contributed by atoms with Crippen molar-refractivity contribution in [2.24, 2.45) is 11.7 Å². The summed E-state index contributed by atoms with van der Waals surface area (Å²) in [5.74, 6) is 1.63. The van der Waals surface area contributed by atoms with Gasteiger partial charge in [0, 0.05) is 19.1 Å². The molecule has 0 bridgehead atoms. The van der Waals surface area contributed by atoms with Crippen LogP contribution in [0, 0.1) is 5.92 Å². The van der Waals surface area contributed by atoms with Crippen molar-refractivity contribution in [1.82, 2.24) is 4.90 Å². The van der Waals surface area contributed by atoms with Crippen LogP contribution in [0.3, 0.4) is 0 Å². The molecule has 1 aromatic carbocycles. The number of hydrogen-bond acceptors (Lipinski definition) is 3. The van der Waals surface area contributed by atoms with Gasteiger partial charge in [-0.05, 0) is 43.0 Å². The molecule has 0 amide bonds. The predicted molar refractivity (Wildman–Crippen MR) is 81.9 cm³/mol. The average Bonchev–Trinajstić information content (AvgIpc) is 2.40. The van der Waals surface area contributed by atoms with Gasteiger partial charge >= 0.3 is 0 Å². The van der Waals surface area contributed by atoms with Gasteiger partial charge in [-0.15, -0.1) is 12.4 Å². The van der Waals surface area contributed by atoms with Crippen molar-refractivity contribution in [3.05, 3.63) is 29.8 Å². The molecule has 3 nitrogen and oxygen atoms in total. The Morgan fingerprint density at radius 3 is 2.58 bits per heavy atom. The van der Waals surface area contributed by atoms with Crippen LogP contribution in [0.15, 0.2) is 24.3 Å². The molecule has 0 radical (unpaired) electrons. The molecule has 0 aromatic heterocycles. The summed E-state index contributed by atoms with van der Waals surface area (Å²) < 4.78 is 5.18. The van der Waals surface area contributed by atoms with Gasteiger partial charge in [0.25, 0.3) is 0 Å². The van der Waals surface area contributed by atoms with E-state index in [4.69, 9.17) is 10.5 Å². The van der Waals surface area contributed by atoms with Crippen LogP contribution in [0.25, 0.3) is 0 Å². The summed E-state index contributed by atoms with van der Waals surface area (Å²) in [6.07, 6.45) is 2.59. The third kappa shape index (κ3) is 4.10. The Kier molecular flexibility index (Phi) is 6.63. The first-order valence-electron chi connectivity index (χ1n) is 6.81. The second-order valence-corrected chi connectivity index (χ2v) is 5.24. The number of methoxy groups -OCH3 is 1. The van der Waals surface area contributed by atoms with E-state index < -0.39 is 0 Å². The highest BCUT2D eigenvalue weighted by atomic mass is 35.5. The van der Waals surface area contributed by atoms with E-state index in [9.17, 15) is 0 Å².